The van der Waals surface area contributed by atoms with Crippen LogP contribution in [-0.2, 0) is 11.2 Å². The van der Waals surface area contributed by atoms with Gasteiger partial charge in [0.1, 0.15) is 5.75 Å². The number of carbonyl (C=O) groups is 2. The molecule has 0 bridgehead atoms. The Bertz CT molecular complexity index is 1230. The highest BCUT2D eigenvalue weighted by Crippen LogP contribution is 2.40. The topological polar surface area (TPSA) is 98.4 Å². The van der Waals surface area contributed by atoms with Crippen molar-refractivity contribution in [1.29, 1.82) is 0 Å². The fourth-order valence-electron chi connectivity index (χ4n) is 4.10. The van der Waals surface area contributed by atoms with Crippen LogP contribution in [0, 0.1) is 0 Å². The van der Waals surface area contributed by atoms with Gasteiger partial charge in [-0.25, -0.2) is 0 Å². The second-order valence-corrected chi connectivity index (χ2v) is 7.69. The quantitative estimate of drug-likeness (QED) is 0.477. The Labute approximate surface area is 197 Å². The van der Waals surface area contributed by atoms with E-state index in [0.717, 1.165) is 5.56 Å². The molecule has 0 fully saturated rings. The summed E-state index contributed by atoms with van der Waals surface area (Å²) in [5, 5.41) is 10.8. The number of furan rings is 1. The van der Waals surface area contributed by atoms with Gasteiger partial charge in [0.05, 0.1) is 39.2 Å². The average Bonchev–Trinajstić information content (AvgIpc) is 3.49. The first-order valence-corrected chi connectivity index (χ1v) is 10.7. The largest absolute Gasteiger partial charge is 0.503 e. The zero-order valence-corrected chi connectivity index (χ0v) is 19.1. The molecule has 0 radical (unpaired) electrons. The van der Waals surface area contributed by atoms with Gasteiger partial charge in [-0.05, 0) is 53.9 Å². The Balaban J connectivity index is 1.69. The molecule has 0 unspecified atom stereocenters. The Morgan fingerprint density at radius 1 is 1.00 bits per heavy atom. The summed E-state index contributed by atoms with van der Waals surface area (Å²) in [7, 11) is 4.65. The van der Waals surface area contributed by atoms with Gasteiger partial charge in [-0.1, -0.05) is 18.2 Å². The molecule has 1 amide bonds. The van der Waals surface area contributed by atoms with Gasteiger partial charge in [0, 0.05) is 6.54 Å². The van der Waals surface area contributed by atoms with Crippen LogP contribution in [0.5, 0.6) is 17.2 Å². The van der Waals surface area contributed by atoms with Crippen LogP contribution < -0.4 is 14.2 Å². The third-order valence-electron chi connectivity index (χ3n) is 5.79. The summed E-state index contributed by atoms with van der Waals surface area (Å²) < 4.78 is 21.2. The van der Waals surface area contributed by atoms with Crippen molar-refractivity contribution in [2.24, 2.45) is 0 Å². The summed E-state index contributed by atoms with van der Waals surface area (Å²) in [5.74, 6) is 0.0436. The number of ketones is 1. The second kappa shape index (κ2) is 9.74. The smallest absolute Gasteiger partial charge is 0.290 e. The molecule has 1 atom stereocenters. The minimum absolute atomic E-state index is 0.0273. The number of ether oxygens (including phenoxy) is 3. The van der Waals surface area contributed by atoms with Crippen LogP contribution in [0.1, 0.15) is 27.7 Å². The standard InChI is InChI=1S/C26H25NO7/c1-31-18-7-4-6-17(15-18)23-22(24(28)20-8-5-13-34-20)25(29)26(30)27(23)12-11-16-9-10-19(32-2)21(14-16)33-3/h4-10,13-15,23,29H,11-12H2,1-3H3/t23-/m0/s1. The Morgan fingerprint density at radius 2 is 1.79 bits per heavy atom. The van der Waals surface area contributed by atoms with E-state index in [0.29, 0.717) is 29.2 Å². The number of rotatable bonds is 9. The number of aliphatic hydroxyl groups excluding tert-OH is 1. The fourth-order valence-corrected chi connectivity index (χ4v) is 4.10. The highest BCUT2D eigenvalue weighted by Gasteiger charge is 2.44. The number of amides is 1. The first kappa shape index (κ1) is 23.0. The van der Waals surface area contributed by atoms with Crippen molar-refractivity contribution in [1.82, 2.24) is 4.90 Å². The van der Waals surface area contributed by atoms with Crippen LogP contribution in [-0.4, -0.2) is 49.6 Å². The van der Waals surface area contributed by atoms with E-state index in [4.69, 9.17) is 18.6 Å². The van der Waals surface area contributed by atoms with E-state index in [1.54, 1.807) is 50.6 Å². The maximum absolute atomic E-state index is 13.2. The molecular formula is C26H25NO7. The Kier molecular flexibility index (Phi) is 6.58. The lowest BCUT2D eigenvalue weighted by atomic mass is 9.94. The third-order valence-corrected chi connectivity index (χ3v) is 5.79. The van der Waals surface area contributed by atoms with Gasteiger partial charge < -0.3 is 28.6 Å². The Hall–Kier alpha value is -4.20. The molecule has 1 aromatic heterocycles. The molecule has 8 heteroatoms. The van der Waals surface area contributed by atoms with E-state index in [1.165, 1.54) is 24.3 Å². The first-order valence-electron chi connectivity index (χ1n) is 10.7. The van der Waals surface area contributed by atoms with Gasteiger partial charge in [0.2, 0.25) is 5.78 Å². The molecule has 0 spiro atoms. The summed E-state index contributed by atoms with van der Waals surface area (Å²) in [6.07, 6.45) is 1.83. The number of carbonyl (C=O) groups excluding carboxylic acids is 2. The molecule has 1 aliphatic heterocycles. The molecule has 1 aliphatic rings. The minimum atomic E-state index is -0.805. The number of aliphatic hydroxyl groups is 1. The van der Waals surface area contributed by atoms with E-state index < -0.39 is 23.5 Å². The average molecular weight is 463 g/mol. The van der Waals surface area contributed by atoms with Crippen molar-refractivity contribution in [3.05, 3.63) is 89.1 Å². The summed E-state index contributed by atoms with van der Waals surface area (Å²) in [5.41, 5.74) is 1.51. The molecule has 34 heavy (non-hydrogen) atoms. The van der Waals surface area contributed by atoms with Gasteiger partial charge in [0.15, 0.2) is 23.0 Å². The van der Waals surface area contributed by atoms with E-state index in [1.807, 2.05) is 12.1 Å². The van der Waals surface area contributed by atoms with Crippen molar-refractivity contribution >= 4 is 11.7 Å². The van der Waals surface area contributed by atoms with E-state index >= 15 is 0 Å². The summed E-state index contributed by atoms with van der Waals surface area (Å²) in [4.78, 5) is 27.8. The molecule has 176 valence electrons. The predicted molar refractivity (Wildman–Crippen MR) is 123 cm³/mol. The molecule has 0 saturated heterocycles. The number of methoxy groups -OCH3 is 3. The lowest BCUT2D eigenvalue weighted by Gasteiger charge is -2.27. The molecule has 2 aromatic carbocycles. The minimum Gasteiger partial charge on any atom is -0.503 e. The summed E-state index contributed by atoms with van der Waals surface area (Å²) in [6.45, 7) is 0.245. The van der Waals surface area contributed by atoms with E-state index in [2.05, 4.69) is 0 Å². The monoisotopic (exact) mass is 463 g/mol. The summed E-state index contributed by atoms with van der Waals surface area (Å²) >= 11 is 0. The zero-order chi connectivity index (χ0) is 24.2. The molecule has 3 aromatic rings. The molecular weight excluding hydrogens is 438 g/mol. The fraction of sp³-hybridized carbons (Fsp3) is 0.231. The highest BCUT2D eigenvalue weighted by molar-refractivity contribution is 6.15. The van der Waals surface area contributed by atoms with Crippen molar-refractivity contribution < 1.29 is 33.3 Å². The lowest BCUT2D eigenvalue weighted by molar-refractivity contribution is -0.129. The van der Waals surface area contributed by atoms with Crippen LogP contribution >= 0.6 is 0 Å². The maximum Gasteiger partial charge on any atom is 0.290 e. The highest BCUT2D eigenvalue weighted by atomic mass is 16.5. The van der Waals surface area contributed by atoms with Crippen molar-refractivity contribution in [2.45, 2.75) is 12.5 Å². The van der Waals surface area contributed by atoms with Crippen LogP contribution in [0.15, 0.2) is 76.6 Å². The maximum atomic E-state index is 13.2. The second-order valence-electron chi connectivity index (χ2n) is 7.69. The number of hydrogen-bond donors (Lipinski definition) is 1. The van der Waals surface area contributed by atoms with E-state index in [9.17, 15) is 14.7 Å². The predicted octanol–water partition coefficient (Wildman–Crippen LogP) is 4.13. The number of Topliss-reactive ketones (excluding diaryl/α,β-unsaturated/α-hetero) is 1. The normalized spacial score (nSPS) is 15.6. The van der Waals surface area contributed by atoms with Crippen LogP contribution in [0.4, 0.5) is 0 Å². The van der Waals surface area contributed by atoms with Gasteiger partial charge in [-0.15, -0.1) is 0 Å². The third kappa shape index (κ3) is 4.22. The first-order chi connectivity index (χ1) is 16.5. The van der Waals surface area contributed by atoms with Crippen molar-refractivity contribution in [3.8, 4) is 17.2 Å². The molecule has 0 aliphatic carbocycles. The number of nitrogens with zero attached hydrogens (tertiary/aromatic N) is 1. The lowest BCUT2D eigenvalue weighted by Crippen LogP contribution is -2.33. The molecule has 1 N–H and O–H groups in total. The van der Waals surface area contributed by atoms with Crippen molar-refractivity contribution in [2.75, 3.05) is 27.9 Å². The van der Waals surface area contributed by atoms with Crippen LogP contribution in [0.3, 0.4) is 0 Å². The zero-order valence-electron chi connectivity index (χ0n) is 19.1. The molecule has 0 saturated carbocycles. The summed E-state index contributed by atoms with van der Waals surface area (Å²) in [6, 6.07) is 14.9. The van der Waals surface area contributed by atoms with Crippen LogP contribution in [0.2, 0.25) is 0 Å². The number of benzene rings is 2. The van der Waals surface area contributed by atoms with Gasteiger partial charge in [0.25, 0.3) is 5.91 Å². The van der Waals surface area contributed by atoms with Gasteiger partial charge in [-0.2, -0.15) is 0 Å². The molecule has 8 nitrogen and oxygen atoms in total. The van der Waals surface area contributed by atoms with Gasteiger partial charge in [-0.3, -0.25) is 9.59 Å². The molecule has 4 rings (SSSR count). The SMILES string of the molecule is COc1cccc([C@H]2C(C(=O)c3ccco3)=C(O)C(=O)N2CCc2ccc(OC)c(OC)c2)c1. The Morgan fingerprint density at radius 3 is 2.47 bits per heavy atom. The van der Waals surface area contributed by atoms with E-state index in [-0.39, 0.29) is 17.9 Å². The van der Waals surface area contributed by atoms with Crippen LogP contribution in [0.25, 0.3) is 0 Å². The van der Waals surface area contributed by atoms with Gasteiger partial charge >= 0.3 is 0 Å². The molecule has 2 heterocycles. The number of hydrogen-bond acceptors (Lipinski definition) is 7. The van der Waals surface area contributed by atoms with Crippen molar-refractivity contribution in [3.63, 3.8) is 0 Å².